The van der Waals surface area contributed by atoms with E-state index >= 15 is 0 Å². The molecule has 170 valence electrons. The van der Waals surface area contributed by atoms with Crippen LogP contribution in [0.25, 0.3) is 10.2 Å². The van der Waals surface area contributed by atoms with E-state index in [0.717, 1.165) is 52.2 Å². The van der Waals surface area contributed by atoms with Gasteiger partial charge < -0.3 is 4.90 Å². The van der Waals surface area contributed by atoms with Crippen LogP contribution in [-0.4, -0.2) is 20.4 Å². The summed E-state index contributed by atoms with van der Waals surface area (Å²) in [7, 11) is 0. The average Bonchev–Trinajstić information content (AvgIpc) is 3.40. The van der Waals surface area contributed by atoms with Gasteiger partial charge in [0.25, 0.3) is 5.56 Å². The molecule has 0 atom stereocenters. The summed E-state index contributed by atoms with van der Waals surface area (Å²) in [6.07, 6.45) is 5.85. The normalized spacial score (nSPS) is 13.3. The Morgan fingerprint density at radius 1 is 1.21 bits per heavy atom. The zero-order valence-electron chi connectivity index (χ0n) is 18.2. The molecular weight excluding hydrogens is 459 g/mol. The molecule has 1 aromatic carbocycles. The van der Waals surface area contributed by atoms with Crippen molar-refractivity contribution in [3.8, 4) is 0 Å². The average molecular weight is 483 g/mol. The molecule has 33 heavy (non-hydrogen) atoms. The van der Waals surface area contributed by atoms with Crippen molar-refractivity contribution >= 4 is 44.5 Å². The largest absolute Gasteiger partial charge is 0.306 e. The Morgan fingerprint density at radius 2 is 2.00 bits per heavy atom. The maximum Gasteiger partial charge on any atom is 0.262 e. The van der Waals surface area contributed by atoms with E-state index in [4.69, 9.17) is 0 Å². The number of thiazole rings is 1. The number of hydrogen-bond acceptors (Lipinski definition) is 6. The minimum absolute atomic E-state index is 0.0735. The van der Waals surface area contributed by atoms with Crippen molar-refractivity contribution in [1.82, 2.24) is 14.5 Å². The second-order valence-corrected chi connectivity index (χ2v) is 10.3. The summed E-state index contributed by atoms with van der Waals surface area (Å²) >= 11 is 3.14. The van der Waals surface area contributed by atoms with E-state index < -0.39 is 0 Å². The van der Waals surface area contributed by atoms with Gasteiger partial charge >= 0.3 is 0 Å². The summed E-state index contributed by atoms with van der Waals surface area (Å²) in [5.41, 5.74) is 2.45. The highest BCUT2D eigenvalue weighted by atomic mass is 32.1. The van der Waals surface area contributed by atoms with Crippen LogP contribution in [0.1, 0.15) is 40.4 Å². The molecule has 0 unspecified atom stereocenters. The Hall–Kier alpha value is -2.91. The molecule has 0 aliphatic heterocycles. The fourth-order valence-corrected chi connectivity index (χ4v) is 6.10. The molecule has 3 heterocycles. The van der Waals surface area contributed by atoms with Crippen molar-refractivity contribution in [3.63, 3.8) is 0 Å². The third kappa shape index (κ3) is 4.47. The zero-order valence-corrected chi connectivity index (χ0v) is 19.8. The Bertz CT molecular complexity index is 1370. The molecule has 6 nitrogen and oxygen atoms in total. The smallest absolute Gasteiger partial charge is 0.262 e. The number of carbonyl (C=O) groups is 1. The molecule has 0 spiro atoms. The molecule has 3 aromatic heterocycles. The number of hydrogen-bond donors (Lipinski definition) is 0. The standard InChI is InChI=1S/C24H23FN4O2S2/c1-15-27-17(13-32-15)12-29(18-8-6-16(25)7-9-18)21(30)10-11-28-14-26-23-22(24(28)31)19-4-2-3-5-20(19)33-23/h6-9,13-14H,2-5,10-12H2,1H3. The number of anilines is 1. The van der Waals surface area contributed by atoms with Gasteiger partial charge in [0.15, 0.2) is 0 Å². The number of carbonyl (C=O) groups excluding carboxylic acids is 1. The Morgan fingerprint density at radius 3 is 2.76 bits per heavy atom. The first kappa shape index (κ1) is 21.9. The van der Waals surface area contributed by atoms with E-state index in [1.165, 1.54) is 32.9 Å². The first-order chi connectivity index (χ1) is 16.0. The molecular formula is C24H23FN4O2S2. The van der Waals surface area contributed by atoms with E-state index in [1.807, 2.05) is 12.3 Å². The van der Waals surface area contributed by atoms with Gasteiger partial charge in [0.1, 0.15) is 10.6 Å². The molecule has 4 aromatic rings. The zero-order chi connectivity index (χ0) is 22.9. The molecule has 1 aliphatic carbocycles. The lowest BCUT2D eigenvalue weighted by molar-refractivity contribution is -0.119. The van der Waals surface area contributed by atoms with Crippen molar-refractivity contribution in [2.75, 3.05) is 4.90 Å². The Kier molecular flexibility index (Phi) is 6.07. The van der Waals surface area contributed by atoms with Crippen LogP contribution in [0.5, 0.6) is 0 Å². The van der Waals surface area contributed by atoms with E-state index in [-0.39, 0.29) is 30.2 Å². The van der Waals surface area contributed by atoms with Crippen LogP contribution in [-0.2, 0) is 30.7 Å². The number of rotatable bonds is 6. The van der Waals surface area contributed by atoms with Gasteiger partial charge in [-0.1, -0.05) is 0 Å². The van der Waals surface area contributed by atoms with E-state index in [1.54, 1.807) is 34.7 Å². The van der Waals surface area contributed by atoms with Crippen LogP contribution in [0.2, 0.25) is 0 Å². The highest BCUT2D eigenvalue weighted by Crippen LogP contribution is 2.33. The Balaban J connectivity index is 1.39. The minimum Gasteiger partial charge on any atom is -0.306 e. The quantitative estimate of drug-likeness (QED) is 0.393. The summed E-state index contributed by atoms with van der Waals surface area (Å²) in [5.74, 6) is -0.521. The summed E-state index contributed by atoms with van der Waals surface area (Å²) in [6.45, 7) is 2.44. The first-order valence-electron chi connectivity index (χ1n) is 11.0. The fraction of sp³-hybridized carbons (Fsp3) is 0.333. The van der Waals surface area contributed by atoms with Crippen LogP contribution in [0.15, 0.2) is 40.8 Å². The van der Waals surface area contributed by atoms with Crippen LogP contribution in [0, 0.1) is 12.7 Å². The number of amides is 1. The SMILES string of the molecule is Cc1nc(CN(C(=O)CCn2cnc3sc4c(c3c2=O)CCCC4)c2ccc(F)cc2)cs1. The van der Waals surface area contributed by atoms with Gasteiger partial charge in [-0.2, -0.15) is 0 Å². The molecule has 0 fully saturated rings. The van der Waals surface area contributed by atoms with Crippen LogP contribution in [0.3, 0.4) is 0 Å². The highest BCUT2D eigenvalue weighted by molar-refractivity contribution is 7.18. The molecule has 0 radical (unpaired) electrons. The van der Waals surface area contributed by atoms with Crippen LogP contribution in [0.4, 0.5) is 10.1 Å². The summed E-state index contributed by atoms with van der Waals surface area (Å²) in [6, 6.07) is 5.85. The first-order valence-corrected chi connectivity index (χ1v) is 12.7. The molecule has 0 saturated heterocycles. The lowest BCUT2D eigenvalue weighted by Crippen LogP contribution is -2.32. The molecule has 9 heteroatoms. The van der Waals surface area contributed by atoms with Gasteiger partial charge in [-0.15, -0.1) is 22.7 Å². The molecule has 1 amide bonds. The summed E-state index contributed by atoms with van der Waals surface area (Å²) in [4.78, 5) is 39.1. The summed E-state index contributed by atoms with van der Waals surface area (Å²) in [5, 5.41) is 3.56. The lowest BCUT2D eigenvalue weighted by Gasteiger charge is -2.22. The second-order valence-electron chi connectivity index (χ2n) is 8.20. The highest BCUT2D eigenvalue weighted by Gasteiger charge is 2.21. The number of aromatic nitrogens is 3. The lowest BCUT2D eigenvalue weighted by atomic mass is 9.97. The molecule has 5 rings (SSSR count). The molecule has 0 saturated carbocycles. The number of aryl methyl sites for hydroxylation is 4. The van der Waals surface area contributed by atoms with Gasteiger partial charge in [-0.05, 0) is 62.4 Å². The van der Waals surface area contributed by atoms with Crippen molar-refractivity contribution in [2.24, 2.45) is 0 Å². The van der Waals surface area contributed by atoms with E-state index in [9.17, 15) is 14.0 Å². The number of fused-ring (bicyclic) bond motifs is 3. The number of benzene rings is 1. The number of thiophene rings is 1. The maximum atomic E-state index is 13.5. The minimum atomic E-state index is -0.360. The van der Waals surface area contributed by atoms with E-state index in [2.05, 4.69) is 9.97 Å². The number of nitrogens with zero attached hydrogens (tertiary/aromatic N) is 4. The van der Waals surface area contributed by atoms with Crippen molar-refractivity contribution in [1.29, 1.82) is 0 Å². The Labute approximate surface area is 198 Å². The van der Waals surface area contributed by atoms with Crippen molar-refractivity contribution in [3.05, 3.63) is 73.3 Å². The second kappa shape index (κ2) is 9.15. The van der Waals surface area contributed by atoms with Crippen LogP contribution >= 0.6 is 22.7 Å². The predicted octanol–water partition coefficient (Wildman–Crippen LogP) is 4.86. The van der Waals surface area contributed by atoms with Gasteiger partial charge in [-0.25, -0.2) is 14.4 Å². The fourth-order valence-electron chi connectivity index (χ4n) is 4.28. The molecule has 0 N–H and O–H groups in total. The summed E-state index contributed by atoms with van der Waals surface area (Å²) < 4.78 is 15.0. The number of halogens is 1. The maximum absolute atomic E-state index is 13.5. The van der Waals surface area contributed by atoms with Gasteiger partial charge in [0, 0.05) is 28.9 Å². The van der Waals surface area contributed by atoms with Crippen LogP contribution < -0.4 is 10.5 Å². The van der Waals surface area contributed by atoms with Gasteiger partial charge in [0.2, 0.25) is 5.91 Å². The van der Waals surface area contributed by atoms with Crippen molar-refractivity contribution < 1.29 is 9.18 Å². The van der Waals surface area contributed by atoms with Gasteiger partial charge in [-0.3, -0.25) is 14.2 Å². The van der Waals surface area contributed by atoms with E-state index in [0.29, 0.717) is 12.2 Å². The topological polar surface area (TPSA) is 68.1 Å². The monoisotopic (exact) mass is 482 g/mol. The third-order valence-electron chi connectivity index (χ3n) is 5.93. The molecule has 1 aliphatic rings. The predicted molar refractivity (Wildman–Crippen MR) is 130 cm³/mol. The molecule has 0 bridgehead atoms. The third-order valence-corrected chi connectivity index (χ3v) is 7.96. The van der Waals surface area contributed by atoms with Gasteiger partial charge in [0.05, 0.1) is 29.0 Å². The van der Waals surface area contributed by atoms with Crippen molar-refractivity contribution in [2.45, 2.75) is 52.1 Å².